The summed E-state index contributed by atoms with van der Waals surface area (Å²) in [5, 5.41) is 17.5. The van der Waals surface area contributed by atoms with Crippen LogP contribution < -0.4 is 10.2 Å². The first-order chi connectivity index (χ1) is 16.9. The molecule has 1 saturated heterocycles. The number of nitrogens with zero attached hydrogens (tertiary/aromatic N) is 4. The summed E-state index contributed by atoms with van der Waals surface area (Å²) in [6.45, 7) is 4.77. The van der Waals surface area contributed by atoms with Gasteiger partial charge in [-0.1, -0.05) is 24.3 Å². The van der Waals surface area contributed by atoms with Crippen LogP contribution in [0.25, 0.3) is 11.1 Å². The second-order valence-corrected chi connectivity index (χ2v) is 9.46. The molecule has 8 heteroatoms. The summed E-state index contributed by atoms with van der Waals surface area (Å²) in [7, 11) is 0. The molecule has 8 nitrogen and oxygen atoms in total. The van der Waals surface area contributed by atoms with Gasteiger partial charge in [-0.05, 0) is 50.8 Å². The Morgan fingerprint density at radius 3 is 2.49 bits per heavy atom. The second-order valence-electron chi connectivity index (χ2n) is 9.46. The summed E-state index contributed by atoms with van der Waals surface area (Å²) < 4.78 is 1.98. The maximum absolute atomic E-state index is 12.5. The van der Waals surface area contributed by atoms with E-state index in [1.165, 1.54) is 4.90 Å². The van der Waals surface area contributed by atoms with Crippen molar-refractivity contribution in [1.82, 2.24) is 14.7 Å². The zero-order chi connectivity index (χ0) is 24.5. The van der Waals surface area contributed by atoms with E-state index in [0.717, 1.165) is 59.4 Å². The monoisotopic (exact) mass is 473 g/mol. The van der Waals surface area contributed by atoms with E-state index >= 15 is 0 Å². The lowest BCUT2D eigenvalue weighted by molar-refractivity contribution is -0.117. The van der Waals surface area contributed by atoms with Crippen molar-refractivity contribution in [1.29, 1.82) is 0 Å². The van der Waals surface area contributed by atoms with Gasteiger partial charge < -0.3 is 20.2 Å². The lowest BCUT2D eigenvalue weighted by Gasteiger charge is -2.36. The number of hydrogen-bond donors (Lipinski definition) is 2. The van der Waals surface area contributed by atoms with Gasteiger partial charge in [0.05, 0.1) is 17.9 Å². The number of carbonyl (C=O) groups excluding carboxylic acids is 1. The minimum atomic E-state index is -0.857. The highest BCUT2D eigenvalue weighted by atomic mass is 16.4. The molecule has 1 unspecified atom stereocenters. The number of anilines is 3. The Morgan fingerprint density at radius 1 is 1.06 bits per heavy atom. The topological polar surface area (TPSA) is 90.7 Å². The molecular formula is C27H31N5O3. The van der Waals surface area contributed by atoms with Crippen LogP contribution in [0.1, 0.15) is 44.7 Å². The van der Waals surface area contributed by atoms with Gasteiger partial charge in [0.15, 0.2) is 0 Å². The third-order valence-corrected chi connectivity index (χ3v) is 7.20. The van der Waals surface area contributed by atoms with Gasteiger partial charge in [0.25, 0.3) is 0 Å². The smallest absolute Gasteiger partial charge is 0.407 e. The van der Waals surface area contributed by atoms with Crippen molar-refractivity contribution in [2.75, 3.05) is 23.3 Å². The fourth-order valence-electron chi connectivity index (χ4n) is 5.36. The van der Waals surface area contributed by atoms with Crippen LogP contribution in [0.5, 0.6) is 0 Å². The van der Waals surface area contributed by atoms with E-state index < -0.39 is 6.09 Å². The first-order valence-corrected chi connectivity index (χ1v) is 12.2. The molecule has 2 amide bonds. The van der Waals surface area contributed by atoms with Crippen LogP contribution >= 0.6 is 0 Å². The van der Waals surface area contributed by atoms with Crippen molar-refractivity contribution < 1.29 is 14.7 Å². The highest BCUT2D eigenvalue weighted by Crippen LogP contribution is 2.43. The molecule has 0 aliphatic carbocycles. The maximum atomic E-state index is 12.5. The molecule has 0 radical (unpaired) electrons. The highest BCUT2D eigenvalue weighted by molar-refractivity contribution is 5.97. The number of aromatic nitrogens is 2. The minimum Gasteiger partial charge on any atom is -0.465 e. The molecule has 182 valence electrons. The number of piperidine rings is 1. The van der Waals surface area contributed by atoms with E-state index in [9.17, 15) is 14.7 Å². The molecule has 3 aromatic rings. The molecule has 1 aromatic heterocycles. The van der Waals surface area contributed by atoms with E-state index in [-0.39, 0.29) is 18.0 Å². The quantitative estimate of drug-likeness (QED) is 0.537. The molecule has 0 saturated carbocycles. The van der Waals surface area contributed by atoms with Crippen LogP contribution in [0.2, 0.25) is 0 Å². The molecule has 1 fully saturated rings. The lowest BCUT2D eigenvalue weighted by Crippen LogP contribution is -2.40. The number of likely N-dealkylation sites (tertiary alicyclic amines) is 1. The summed E-state index contributed by atoms with van der Waals surface area (Å²) >= 11 is 0. The molecular weight excluding hydrogens is 442 g/mol. The maximum Gasteiger partial charge on any atom is 0.407 e. The Labute approximate surface area is 205 Å². The van der Waals surface area contributed by atoms with Gasteiger partial charge in [0, 0.05) is 60.3 Å². The van der Waals surface area contributed by atoms with Crippen LogP contribution in [0.3, 0.4) is 0 Å². The molecule has 35 heavy (non-hydrogen) atoms. The highest BCUT2D eigenvalue weighted by Gasteiger charge is 2.30. The van der Waals surface area contributed by atoms with Crippen LogP contribution in [-0.2, 0) is 11.2 Å². The Kier molecular flexibility index (Phi) is 6.19. The number of carbonyl (C=O) groups is 2. The standard InChI is InChI=1S/C27H31N5O3/c1-18-8-9-24-25(32(18)19(2)33)11-10-23(26(24)29-21-6-4-3-5-7-21)20-16-28-31(17-20)22-12-14-30(15-13-22)27(34)35/h3-7,10-11,16-18,22,29H,8-9,12-15H2,1-2H3,(H,34,35). The molecule has 0 bridgehead atoms. The Balaban J connectivity index is 1.52. The van der Waals surface area contributed by atoms with E-state index in [1.54, 1.807) is 6.92 Å². The number of carboxylic acid groups (broad SMARTS) is 1. The number of rotatable bonds is 4. The number of hydrogen-bond acceptors (Lipinski definition) is 4. The molecule has 2 aromatic carbocycles. The van der Waals surface area contributed by atoms with E-state index in [0.29, 0.717) is 13.1 Å². The van der Waals surface area contributed by atoms with Gasteiger partial charge >= 0.3 is 6.09 Å². The van der Waals surface area contributed by atoms with Gasteiger partial charge in [-0.25, -0.2) is 4.79 Å². The summed E-state index contributed by atoms with van der Waals surface area (Å²) in [5.41, 5.74) is 6.14. The van der Waals surface area contributed by atoms with Crippen molar-refractivity contribution in [3.05, 3.63) is 60.4 Å². The van der Waals surface area contributed by atoms with E-state index in [2.05, 4.69) is 35.7 Å². The molecule has 5 rings (SSSR count). The zero-order valence-electron chi connectivity index (χ0n) is 20.1. The average Bonchev–Trinajstić information content (AvgIpc) is 3.34. The van der Waals surface area contributed by atoms with Crippen molar-refractivity contribution >= 4 is 29.1 Å². The number of para-hydroxylation sites is 1. The predicted octanol–water partition coefficient (Wildman–Crippen LogP) is 5.30. The summed E-state index contributed by atoms with van der Waals surface area (Å²) in [4.78, 5) is 27.1. The first kappa shape index (κ1) is 23.0. The minimum absolute atomic E-state index is 0.0531. The van der Waals surface area contributed by atoms with Gasteiger partial charge in [0.1, 0.15) is 0 Å². The number of fused-ring (bicyclic) bond motifs is 1. The van der Waals surface area contributed by atoms with Crippen LogP contribution in [0.15, 0.2) is 54.9 Å². The third-order valence-electron chi connectivity index (χ3n) is 7.20. The fourth-order valence-corrected chi connectivity index (χ4v) is 5.36. The average molecular weight is 474 g/mol. The van der Waals surface area contributed by atoms with E-state index in [4.69, 9.17) is 0 Å². The molecule has 3 heterocycles. The van der Waals surface area contributed by atoms with Crippen molar-refractivity contribution in [2.24, 2.45) is 0 Å². The number of amides is 2. The van der Waals surface area contributed by atoms with Crippen LogP contribution in [0.4, 0.5) is 21.9 Å². The van der Waals surface area contributed by atoms with Crippen molar-refractivity contribution in [3.63, 3.8) is 0 Å². The van der Waals surface area contributed by atoms with Gasteiger partial charge in [-0.15, -0.1) is 0 Å². The third kappa shape index (κ3) is 4.48. The predicted molar refractivity (Wildman–Crippen MR) is 136 cm³/mol. The normalized spacial score (nSPS) is 18.3. The van der Waals surface area contributed by atoms with Crippen molar-refractivity contribution in [3.8, 4) is 11.1 Å². The summed E-state index contributed by atoms with van der Waals surface area (Å²) in [6.07, 6.45) is 6.37. The largest absolute Gasteiger partial charge is 0.465 e. The first-order valence-electron chi connectivity index (χ1n) is 12.2. The fraction of sp³-hybridized carbons (Fsp3) is 0.370. The second kappa shape index (κ2) is 9.44. The van der Waals surface area contributed by atoms with Crippen LogP contribution in [0, 0.1) is 0 Å². The van der Waals surface area contributed by atoms with Crippen molar-refractivity contribution in [2.45, 2.75) is 51.6 Å². The zero-order valence-corrected chi connectivity index (χ0v) is 20.1. The number of benzene rings is 2. The van der Waals surface area contributed by atoms with Gasteiger partial charge in [0.2, 0.25) is 5.91 Å². The molecule has 2 aliphatic heterocycles. The lowest BCUT2D eigenvalue weighted by atomic mass is 9.91. The number of nitrogens with one attached hydrogen (secondary N) is 1. The Morgan fingerprint density at radius 2 is 1.80 bits per heavy atom. The summed E-state index contributed by atoms with van der Waals surface area (Å²) in [5.74, 6) is 0.0531. The van der Waals surface area contributed by atoms with Gasteiger partial charge in [-0.2, -0.15) is 5.10 Å². The molecule has 1 atom stereocenters. The molecule has 2 N–H and O–H groups in total. The Hall–Kier alpha value is -3.81. The molecule has 2 aliphatic rings. The van der Waals surface area contributed by atoms with Gasteiger partial charge in [-0.3, -0.25) is 9.48 Å². The molecule has 0 spiro atoms. The SMILES string of the molecule is CC(=O)N1c2ccc(-c3cnn(C4CCN(C(=O)O)CC4)c3)c(Nc3ccccc3)c2CCC1C. The Bertz CT molecular complexity index is 1230. The summed E-state index contributed by atoms with van der Waals surface area (Å²) in [6, 6.07) is 14.5. The van der Waals surface area contributed by atoms with Crippen LogP contribution in [-0.4, -0.2) is 50.9 Å². The van der Waals surface area contributed by atoms with E-state index in [1.807, 2.05) is 46.1 Å².